The molecule has 0 aromatic rings. The maximum absolute atomic E-state index is 12.8. The molecule has 0 spiro atoms. The van der Waals surface area contributed by atoms with Gasteiger partial charge in [0, 0.05) is 12.8 Å². The molecule has 9 nitrogen and oxygen atoms in total. The van der Waals surface area contributed by atoms with Gasteiger partial charge in [-0.3, -0.25) is 18.6 Å². The molecule has 2 unspecified atom stereocenters. The summed E-state index contributed by atoms with van der Waals surface area (Å²) >= 11 is 0. The van der Waals surface area contributed by atoms with Crippen LogP contribution in [0.5, 0.6) is 0 Å². The van der Waals surface area contributed by atoms with Gasteiger partial charge in [-0.05, 0) is 70.6 Å². The lowest BCUT2D eigenvalue weighted by atomic mass is 10.0. The maximum atomic E-state index is 12.8. The molecule has 0 heterocycles. The van der Waals surface area contributed by atoms with E-state index in [-0.39, 0.29) is 25.6 Å². The standard InChI is InChI=1S/C68H130NO8P/c1-6-8-10-12-14-16-18-20-22-24-26-28-29-30-31-32-33-34-35-36-37-38-39-41-42-44-46-48-50-52-54-56-58-60-67(70)74-64-66(65-76-78(72,73)75-63-62-69(3,4)5)77-68(71)61-59-57-55-53-51-49-47-45-43-40-27-25-23-21-19-17-15-13-11-9-7-2/h19,21,24-27,66H,6-18,20,22-23,28-65H2,1-5H3/p+1/b21-19-,26-24-,27-25-. The number of quaternary nitrogens is 1. The van der Waals surface area contributed by atoms with Crippen molar-refractivity contribution in [3.8, 4) is 0 Å². The quantitative estimate of drug-likeness (QED) is 0.0211. The van der Waals surface area contributed by atoms with Crippen LogP contribution in [-0.4, -0.2) is 74.9 Å². The highest BCUT2D eigenvalue weighted by atomic mass is 31.2. The van der Waals surface area contributed by atoms with Gasteiger partial charge in [-0.25, -0.2) is 4.57 Å². The number of rotatable bonds is 63. The van der Waals surface area contributed by atoms with Crippen molar-refractivity contribution in [2.45, 2.75) is 341 Å². The third kappa shape index (κ3) is 63.4. The molecule has 0 aromatic carbocycles. The number of carbonyl (C=O) groups is 2. The molecule has 0 saturated heterocycles. The Morgan fingerprint density at radius 3 is 1.03 bits per heavy atom. The summed E-state index contributed by atoms with van der Waals surface area (Å²) in [6, 6.07) is 0. The molecule has 460 valence electrons. The molecule has 0 rings (SSSR count). The normalized spacial score (nSPS) is 13.4. The van der Waals surface area contributed by atoms with Crippen LogP contribution in [0.4, 0.5) is 0 Å². The minimum Gasteiger partial charge on any atom is -0.462 e. The first-order valence-electron chi connectivity index (χ1n) is 33.7. The third-order valence-electron chi connectivity index (χ3n) is 15.1. The number of esters is 2. The second-order valence-electron chi connectivity index (χ2n) is 24.2. The molecular formula is C68H131NO8P+. The number of allylic oxidation sites excluding steroid dienone is 6. The average molecular weight is 1120 g/mol. The van der Waals surface area contributed by atoms with Gasteiger partial charge < -0.3 is 18.9 Å². The van der Waals surface area contributed by atoms with E-state index >= 15 is 0 Å². The van der Waals surface area contributed by atoms with Crippen LogP contribution < -0.4 is 0 Å². The van der Waals surface area contributed by atoms with Crippen molar-refractivity contribution in [3.05, 3.63) is 36.5 Å². The van der Waals surface area contributed by atoms with E-state index in [4.69, 9.17) is 18.5 Å². The van der Waals surface area contributed by atoms with E-state index in [1.54, 1.807) is 0 Å². The van der Waals surface area contributed by atoms with Gasteiger partial charge in [-0.1, -0.05) is 288 Å². The van der Waals surface area contributed by atoms with Crippen molar-refractivity contribution < 1.29 is 42.1 Å². The Morgan fingerprint density at radius 2 is 0.692 bits per heavy atom. The Kier molecular flexibility index (Phi) is 58.5. The Bertz CT molecular complexity index is 1410. The molecule has 0 aliphatic heterocycles. The molecular weight excluding hydrogens is 990 g/mol. The van der Waals surface area contributed by atoms with E-state index in [1.807, 2.05) is 21.1 Å². The number of phosphoric ester groups is 1. The second kappa shape index (κ2) is 59.8. The van der Waals surface area contributed by atoms with Crippen LogP contribution in [0.2, 0.25) is 0 Å². The van der Waals surface area contributed by atoms with Gasteiger partial charge in [0.25, 0.3) is 0 Å². The van der Waals surface area contributed by atoms with Crippen LogP contribution in [0.3, 0.4) is 0 Å². The summed E-state index contributed by atoms with van der Waals surface area (Å²) in [5.74, 6) is -0.785. The van der Waals surface area contributed by atoms with E-state index in [1.165, 1.54) is 257 Å². The largest absolute Gasteiger partial charge is 0.472 e. The van der Waals surface area contributed by atoms with Gasteiger partial charge in [0.15, 0.2) is 6.10 Å². The number of nitrogens with zero attached hydrogens (tertiary/aromatic N) is 1. The number of unbranched alkanes of at least 4 members (excludes halogenated alkanes) is 43. The Labute approximate surface area is 484 Å². The van der Waals surface area contributed by atoms with E-state index in [9.17, 15) is 19.0 Å². The summed E-state index contributed by atoms with van der Waals surface area (Å²) in [5.41, 5.74) is 0. The monoisotopic (exact) mass is 1120 g/mol. The van der Waals surface area contributed by atoms with Gasteiger partial charge in [0.2, 0.25) is 0 Å². The zero-order valence-electron chi connectivity index (χ0n) is 52.4. The molecule has 0 bridgehead atoms. The first-order chi connectivity index (χ1) is 38.0. The van der Waals surface area contributed by atoms with E-state index in [0.29, 0.717) is 23.9 Å². The van der Waals surface area contributed by atoms with E-state index in [2.05, 4.69) is 50.3 Å². The minimum atomic E-state index is -4.39. The lowest BCUT2D eigenvalue weighted by molar-refractivity contribution is -0.870. The average Bonchev–Trinajstić information content (AvgIpc) is 3.41. The molecule has 0 amide bonds. The van der Waals surface area contributed by atoms with Gasteiger partial charge in [0.05, 0.1) is 27.7 Å². The Morgan fingerprint density at radius 1 is 0.397 bits per heavy atom. The molecule has 2 atom stereocenters. The third-order valence-corrected chi connectivity index (χ3v) is 16.1. The molecule has 0 radical (unpaired) electrons. The molecule has 1 N–H and O–H groups in total. The number of likely N-dealkylation sites (N-methyl/N-ethyl adjacent to an activating group) is 1. The van der Waals surface area contributed by atoms with Crippen LogP contribution in [0.15, 0.2) is 36.5 Å². The first kappa shape index (κ1) is 76.2. The minimum absolute atomic E-state index is 0.0325. The van der Waals surface area contributed by atoms with Crippen LogP contribution in [0.25, 0.3) is 0 Å². The fourth-order valence-electron chi connectivity index (χ4n) is 9.93. The zero-order chi connectivity index (χ0) is 57.0. The van der Waals surface area contributed by atoms with Gasteiger partial charge in [-0.15, -0.1) is 0 Å². The highest BCUT2D eigenvalue weighted by Crippen LogP contribution is 2.43. The second-order valence-corrected chi connectivity index (χ2v) is 25.7. The smallest absolute Gasteiger partial charge is 0.462 e. The predicted octanol–water partition coefficient (Wildman–Crippen LogP) is 21.5. The summed E-state index contributed by atoms with van der Waals surface area (Å²) in [6.07, 6.45) is 75.3. The number of phosphoric acid groups is 1. The van der Waals surface area contributed by atoms with Crippen LogP contribution >= 0.6 is 7.82 Å². The van der Waals surface area contributed by atoms with E-state index in [0.717, 1.165) is 44.9 Å². The molecule has 0 aliphatic carbocycles. The molecule has 0 saturated carbocycles. The number of hydrogen-bond donors (Lipinski definition) is 1. The summed E-state index contributed by atoms with van der Waals surface area (Å²) in [5, 5.41) is 0. The number of hydrogen-bond acceptors (Lipinski definition) is 7. The van der Waals surface area contributed by atoms with Crippen molar-refractivity contribution in [2.24, 2.45) is 0 Å². The van der Waals surface area contributed by atoms with Crippen molar-refractivity contribution in [2.75, 3.05) is 47.5 Å². The lowest BCUT2D eigenvalue weighted by Crippen LogP contribution is -2.37. The van der Waals surface area contributed by atoms with Crippen molar-refractivity contribution in [1.29, 1.82) is 0 Å². The van der Waals surface area contributed by atoms with Gasteiger partial charge in [0.1, 0.15) is 19.8 Å². The molecule has 0 aliphatic rings. The fraction of sp³-hybridized carbons (Fsp3) is 0.882. The van der Waals surface area contributed by atoms with E-state index < -0.39 is 26.5 Å². The molecule has 78 heavy (non-hydrogen) atoms. The predicted molar refractivity (Wildman–Crippen MR) is 335 cm³/mol. The highest BCUT2D eigenvalue weighted by Gasteiger charge is 2.27. The zero-order valence-corrected chi connectivity index (χ0v) is 53.3. The summed E-state index contributed by atoms with van der Waals surface area (Å²) in [6.45, 7) is 4.47. The van der Waals surface area contributed by atoms with Crippen molar-refractivity contribution in [1.82, 2.24) is 0 Å². The van der Waals surface area contributed by atoms with Crippen LogP contribution in [0.1, 0.15) is 335 Å². The lowest BCUT2D eigenvalue weighted by Gasteiger charge is -2.24. The van der Waals surface area contributed by atoms with Crippen molar-refractivity contribution in [3.63, 3.8) is 0 Å². The first-order valence-corrected chi connectivity index (χ1v) is 35.2. The maximum Gasteiger partial charge on any atom is 0.472 e. The molecule has 0 aromatic heterocycles. The molecule has 0 fully saturated rings. The summed E-state index contributed by atoms with van der Waals surface area (Å²) < 4.78 is 34.7. The Hall–Kier alpha value is -1.77. The Balaban J connectivity index is 3.99. The van der Waals surface area contributed by atoms with Crippen LogP contribution in [-0.2, 0) is 32.7 Å². The van der Waals surface area contributed by atoms with Gasteiger partial charge in [-0.2, -0.15) is 0 Å². The SMILES string of the molecule is CCCCCCC/C=C\C/C=C\CCCCCCCCCCCC(=O)OC(COC(=O)CCCCCCCCCCCCCCCCCCCCCCC/C=C\CCCCCCCCCC)COP(=O)(O)OCC[N+](C)(C)C. The summed E-state index contributed by atoms with van der Waals surface area (Å²) in [4.78, 5) is 35.8. The van der Waals surface area contributed by atoms with Crippen LogP contribution in [0, 0.1) is 0 Å². The van der Waals surface area contributed by atoms with Gasteiger partial charge >= 0.3 is 19.8 Å². The van der Waals surface area contributed by atoms with Crippen molar-refractivity contribution >= 4 is 19.8 Å². The molecule has 10 heteroatoms. The fourth-order valence-corrected chi connectivity index (χ4v) is 10.7. The number of carbonyl (C=O) groups excluding carboxylic acids is 2. The topological polar surface area (TPSA) is 108 Å². The summed E-state index contributed by atoms with van der Waals surface area (Å²) in [7, 11) is 1.49. The highest BCUT2D eigenvalue weighted by molar-refractivity contribution is 7.47. The number of ether oxygens (including phenoxy) is 2.